The summed E-state index contributed by atoms with van der Waals surface area (Å²) in [5, 5.41) is 9.07. The van der Waals surface area contributed by atoms with E-state index in [9.17, 15) is 0 Å². The van der Waals surface area contributed by atoms with Crippen LogP contribution < -0.4 is 4.74 Å². The number of ether oxygens (including phenoxy) is 1. The van der Waals surface area contributed by atoms with Crippen molar-refractivity contribution < 1.29 is 9.84 Å². The average molecular weight is 204 g/mol. The van der Waals surface area contributed by atoms with Gasteiger partial charge < -0.3 is 9.84 Å². The Bertz CT molecular complexity index is 382. The molecule has 1 aliphatic heterocycles. The van der Waals surface area contributed by atoms with Gasteiger partial charge in [-0.3, -0.25) is 0 Å². The summed E-state index contributed by atoms with van der Waals surface area (Å²) in [6, 6.07) is 4.32. The number of aliphatic hydroxyl groups excluding tert-OH is 1. The van der Waals surface area contributed by atoms with Gasteiger partial charge in [-0.1, -0.05) is 6.07 Å². The summed E-state index contributed by atoms with van der Waals surface area (Å²) in [5.74, 6) is 1.65. The van der Waals surface area contributed by atoms with Crippen molar-refractivity contribution in [3.05, 3.63) is 28.8 Å². The predicted octanol–water partition coefficient (Wildman–Crippen LogP) is 2.03. The Morgan fingerprint density at radius 3 is 3.13 bits per heavy atom. The van der Waals surface area contributed by atoms with Crippen molar-refractivity contribution >= 4 is 0 Å². The van der Waals surface area contributed by atoms with Gasteiger partial charge in [-0.2, -0.15) is 0 Å². The van der Waals surface area contributed by atoms with Crippen LogP contribution in [0.15, 0.2) is 12.1 Å². The Balaban J connectivity index is 2.05. The molecule has 1 atom stereocenters. The molecular weight excluding hydrogens is 188 g/mol. The highest BCUT2D eigenvalue weighted by Gasteiger charge is 2.28. The highest BCUT2D eigenvalue weighted by atomic mass is 16.5. The lowest BCUT2D eigenvalue weighted by molar-refractivity contribution is 0.275. The van der Waals surface area contributed by atoms with E-state index in [1.54, 1.807) is 0 Å². The van der Waals surface area contributed by atoms with Crippen LogP contribution in [0, 0.1) is 0 Å². The van der Waals surface area contributed by atoms with Crippen molar-refractivity contribution in [1.82, 2.24) is 0 Å². The fraction of sp³-hybridized carbons (Fsp3) is 0.538. The zero-order chi connectivity index (χ0) is 10.3. The lowest BCUT2D eigenvalue weighted by Gasteiger charge is -2.13. The van der Waals surface area contributed by atoms with E-state index in [1.165, 1.54) is 29.5 Å². The number of fused-ring (bicyclic) bond motifs is 3. The van der Waals surface area contributed by atoms with E-state index in [2.05, 4.69) is 12.1 Å². The van der Waals surface area contributed by atoms with Crippen LogP contribution in [0.25, 0.3) is 0 Å². The molecule has 2 heteroatoms. The molecule has 0 fully saturated rings. The van der Waals surface area contributed by atoms with E-state index in [0.29, 0.717) is 12.5 Å². The van der Waals surface area contributed by atoms with Crippen molar-refractivity contribution in [3.8, 4) is 5.75 Å². The van der Waals surface area contributed by atoms with Crippen LogP contribution >= 0.6 is 0 Å². The Morgan fingerprint density at radius 1 is 1.33 bits per heavy atom. The van der Waals surface area contributed by atoms with E-state index in [0.717, 1.165) is 25.2 Å². The van der Waals surface area contributed by atoms with E-state index in [-0.39, 0.29) is 0 Å². The smallest absolute Gasteiger partial charge is 0.122 e. The van der Waals surface area contributed by atoms with E-state index < -0.39 is 0 Å². The van der Waals surface area contributed by atoms with Gasteiger partial charge in [0.2, 0.25) is 0 Å². The number of benzene rings is 1. The molecule has 2 nitrogen and oxygen atoms in total. The van der Waals surface area contributed by atoms with Crippen LogP contribution in [0.1, 0.15) is 35.4 Å². The van der Waals surface area contributed by atoms with Gasteiger partial charge in [0.15, 0.2) is 0 Å². The molecule has 0 aromatic heterocycles. The third-order valence-electron chi connectivity index (χ3n) is 3.66. The first-order chi connectivity index (χ1) is 7.40. The molecule has 0 radical (unpaired) electrons. The molecule has 80 valence electrons. The Hall–Kier alpha value is -1.02. The molecular formula is C13H16O2. The third kappa shape index (κ3) is 1.36. The molecule has 2 aliphatic rings. The zero-order valence-corrected chi connectivity index (χ0v) is 8.83. The number of aryl methyl sites for hydroxylation is 1. The molecule has 1 aliphatic carbocycles. The molecule has 1 N–H and O–H groups in total. The lowest BCUT2D eigenvalue weighted by atomic mass is 9.92. The number of rotatable bonds is 2. The molecule has 0 bridgehead atoms. The molecule has 0 saturated carbocycles. The third-order valence-corrected chi connectivity index (χ3v) is 3.66. The highest BCUT2D eigenvalue weighted by Crippen LogP contribution is 2.42. The van der Waals surface area contributed by atoms with Crippen molar-refractivity contribution in [2.24, 2.45) is 0 Å². The molecule has 0 amide bonds. The average Bonchev–Trinajstić information content (AvgIpc) is 2.83. The maximum Gasteiger partial charge on any atom is 0.122 e. The second-order valence-electron chi connectivity index (χ2n) is 4.46. The molecule has 0 unspecified atom stereocenters. The van der Waals surface area contributed by atoms with Gasteiger partial charge >= 0.3 is 0 Å². The summed E-state index contributed by atoms with van der Waals surface area (Å²) in [6.07, 6.45) is 4.34. The van der Waals surface area contributed by atoms with Gasteiger partial charge in [0.1, 0.15) is 5.75 Å². The number of aliphatic hydroxyl groups is 1. The van der Waals surface area contributed by atoms with Crippen LogP contribution in [0.5, 0.6) is 5.75 Å². The molecule has 1 heterocycles. The lowest BCUT2D eigenvalue weighted by Crippen LogP contribution is -2.00. The fourth-order valence-electron chi connectivity index (χ4n) is 2.99. The zero-order valence-electron chi connectivity index (χ0n) is 8.83. The van der Waals surface area contributed by atoms with Crippen LogP contribution in [0.4, 0.5) is 0 Å². The second-order valence-corrected chi connectivity index (χ2v) is 4.46. The Labute approximate surface area is 89.9 Å². The van der Waals surface area contributed by atoms with Gasteiger partial charge in [0, 0.05) is 18.6 Å². The molecule has 0 saturated heterocycles. The van der Waals surface area contributed by atoms with Crippen molar-refractivity contribution in [1.29, 1.82) is 0 Å². The molecule has 15 heavy (non-hydrogen) atoms. The van der Waals surface area contributed by atoms with E-state index in [1.807, 2.05) is 0 Å². The molecule has 1 aromatic rings. The van der Waals surface area contributed by atoms with Gasteiger partial charge in [0.25, 0.3) is 0 Å². The van der Waals surface area contributed by atoms with Crippen LogP contribution in [-0.2, 0) is 12.8 Å². The second kappa shape index (κ2) is 3.53. The van der Waals surface area contributed by atoms with Gasteiger partial charge in [-0.25, -0.2) is 0 Å². The molecule has 1 aromatic carbocycles. The normalized spacial score (nSPS) is 22.3. The maximum absolute atomic E-state index is 9.07. The van der Waals surface area contributed by atoms with Crippen molar-refractivity contribution in [3.63, 3.8) is 0 Å². The Morgan fingerprint density at radius 2 is 2.27 bits per heavy atom. The standard InChI is InChI=1S/C13H16O2/c14-7-5-10-2-1-9-3-4-12-11(13(9)10)6-8-15-12/h3-4,10,14H,1-2,5-8H2/t10-/m0/s1. The summed E-state index contributed by atoms with van der Waals surface area (Å²) in [6.45, 7) is 1.13. The monoisotopic (exact) mass is 204 g/mol. The van der Waals surface area contributed by atoms with Crippen LogP contribution in [0.3, 0.4) is 0 Å². The summed E-state index contributed by atoms with van der Waals surface area (Å²) in [7, 11) is 0. The summed E-state index contributed by atoms with van der Waals surface area (Å²) in [4.78, 5) is 0. The first kappa shape index (κ1) is 9.22. The molecule has 0 spiro atoms. The van der Waals surface area contributed by atoms with Crippen molar-refractivity contribution in [2.45, 2.75) is 31.6 Å². The number of hydrogen-bond donors (Lipinski definition) is 1. The van der Waals surface area contributed by atoms with E-state index >= 15 is 0 Å². The number of hydrogen-bond acceptors (Lipinski definition) is 2. The minimum absolute atomic E-state index is 0.300. The van der Waals surface area contributed by atoms with E-state index in [4.69, 9.17) is 9.84 Å². The summed E-state index contributed by atoms with van der Waals surface area (Å²) >= 11 is 0. The fourth-order valence-corrected chi connectivity index (χ4v) is 2.99. The topological polar surface area (TPSA) is 29.5 Å². The maximum atomic E-state index is 9.07. The quantitative estimate of drug-likeness (QED) is 0.798. The highest BCUT2D eigenvalue weighted by molar-refractivity contribution is 5.51. The predicted molar refractivity (Wildman–Crippen MR) is 58.4 cm³/mol. The minimum Gasteiger partial charge on any atom is -0.493 e. The molecule has 3 rings (SSSR count). The Kier molecular flexibility index (Phi) is 2.17. The van der Waals surface area contributed by atoms with Crippen molar-refractivity contribution in [2.75, 3.05) is 13.2 Å². The first-order valence-corrected chi connectivity index (χ1v) is 5.78. The summed E-state index contributed by atoms with van der Waals surface area (Å²) < 4.78 is 5.59. The van der Waals surface area contributed by atoms with Gasteiger partial charge in [-0.05, 0) is 42.4 Å². The van der Waals surface area contributed by atoms with Gasteiger partial charge in [0.05, 0.1) is 6.61 Å². The van der Waals surface area contributed by atoms with Crippen LogP contribution in [0.2, 0.25) is 0 Å². The largest absolute Gasteiger partial charge is 0.493 e. The SMILES string of the molecule is OCC[C@@H]1CCc2ccc3c(c21)CCO3. The van der Waals surface area contributed by atoms with Gasteiger partial charge in [-0.15, -0.1) is 0 Å². The summed E-state index contributed by atoms with van der Waals surface area (Å²) in [5.41, 5.74) is 4.40. The first-order valence-electron chi connectivity index (χ1n) is 5.78. The van der Waals surface area contributed by atoms with Crippen LogP contribution in [-0.4, -0.2) is 18.3 Å². The minimum atomic E-state index is 0.300.